The van der Waals surface area contributed by atoms with Gasteiger partial charge in [-0.05, 0) is 17.2 Å². The third-order valence-corrected chi connectivity index (χ3v) is 1.64. The van der Waals surface area contributed by atoms with Crippen molar-refractivity contribution in [2.45, 2.75) is 0 Å². The summed E-state index contributed by atoms with van der Waals surface area (Å²) in [5, 5.41) is 8.02. The third-order valence-electron chi connectivity index (χ3n) is 1.64. The zero-order valence-corrected chi connectivity index (χ0v) is 6.75. The molecule has 1 aromatic carbocycles. The molecule has 0 saturated heterocycles. The normalized spacial score (nSPS) is 10.1. The number of aromatic nitrogens is 4. The van der Waals surface area contributed by atoms with Crippen LogP contribution in [-0.2, 0) is 7.05 Å². The Bertz CT molecular complexity index is 366. The monoisotopic (exact) mass is 161 g/mol. The van der Waals surface area contributed by atoms with Gasteiger partial charge in [0.2, 0.25) is 0 Å². The SMILES string of the molecule is C[n+]1ncnn1-c1ccccc1. The van der Waals surface area contributed by atoms with Gasteiger partial charge in [0.05, 0.1) is 5.10 Å². The lowest BCUT2D eigenvalue weighted by atomic mass is 10.3. The zero-order valence-electron chi connectivity index (χ0n) is 6.75. The summed E-state index contributed by atoms with van der Waals surface area (Å²) in [6.45, 7) is 0. The second-order valence-corrected chi connectivity index (χ2v) is 2.46. The van der Waals surface area contributed by atoms with E-state index in [2.05, 4.69) is 10.2 Å². The lowest BCUT2D eigenvalue weighted by Gasteiger charge is -1.93. The van der Waals surface area contributed by atoms with Crippen LogP contribution in [0.1, 0.15) is 0 Å². The maximum Gasteiger partial charge on any atom is 0.297 e. The molecule has 0 N–H and O–H groups in total. The smallest absolute Gasteiger partial charge is 0.0621 e. The first kappa shape index (κ1) is 6.97. The molecule has 4 heteroatoms. The van der Waals surface area contributed by atoms with Gasteiger partial charge in [0.1, 0.15) is 12.7 Å². The molecule has 0 aliphatic rings. The van der Waals surface area contributed by atoms with Gasteiger partial charge in [-0.3, -0.25) is 0 Å². The van der Waals surface area contributed by atoms with Crippen molar-refractivity contribution in [3.63, 3.8) is 0 Å². The molecule has 0 saturated carbocycles. The molecule has 2 aromatic rings. The molecule has 60 valence electrons. The first-order chi connectivity index (χ1) is 5.88. The summed E-state index contributed by atoms with van der Waals surface area (Å²) < 4.78 is 0. The van der Waals surface area contributed by atoms with Crippen molar-refractivity contribution in [2.24, 2.45) is 7.05 Å². The van der Waals surface area contributed by atoms with Crippen LogP contribution < -0.4 is 4.80 Å². The van der Waals surface area contributed by atoms with Gasteiger partial charge in [-0.25, -0.2) is 0 Å². The van der Waals surface area contributed by atoms with E-state index < -0.39 is 0 Å². The highest BCUT2D eigenvalue weighted by molar-refractivity contribution is 5.26. The number of aryl methyl sites for hydroxylation is 1. The van der Waals surface area contributed by atoms with Crippen LogP contribution in [-0.4, -0.2) is 15.0 Å². The molecule has 1 heterocycles. The highest BCUT2D eigenvalue weighted by atomic mass is 15.6. The van der Waals surface area contributed by atoms with Crippen molar-refractivity contribution >= 4 is 0 Å². The first-order valence-electron chi connectivity index (χ1n) is 3.70. The molecule has 4 nitrogen and oxygen atoms in total. The fourth-order valence-electron chi connectivity index (χ4n) is 1.07. The minimum atomic E-state index is 1.01. The van der Waals surface area contributed by atoms with E-state index >= 15 is 0 Å². The molecule has 0 radical (unpaired) electrons. The number of rotatable bonds is 1. The number of para-hydroxylation sites is 1. The Morgan fingerprint density at radius 1 is 1.25 bits per heavy atom. The summed E-state index contributed by atoms with van der Waals surface area (Å²) >= 11 is 0. The van der Waals surface area contributed by atoms with Gasteiger partial charge in [0, 0.05) is 4.80 Å². The lowest BCUT2D eigenvalue weighted by molar-refractivity contribution is -0.800. The minimum absolute atomic E-state index is 1.01. The molecule has 0 bridgehead atoms. The molecule has 2 rings (SSSR count). The van der Waals surface area contributed by atoms with Crippen LogP contribution in [0.5, 0.6) is 0 Å². The second kappa shape index (κ2) is 2.73. The number of tetrazole rings is 1. The van der Waals surface area contributed by atoms with Crippen LogP contribution in [0.2, 0.25) is 0 Å². The maximum atomic E-state index is 4.05. The molecular weight excluding hydrogens is 152 g/mol. The van der Waals surface area contributed by atoms with E-state index in [-0.39, 0.29) is 0 Å². The van der Waals surface area contributed by atoms with E-state index in [9.17, 15) is 0 Å². The van der Waals surface area contributed by atoms with Crippen LogP contribution >= 0.6 is 0 Å². The average Bonchev–Trinajstić information content (AvgIpc) is 2.53. The predicted molar refractivity (Wildman–Crippen MR) is 42.5 cm³/mol. The minimum Gasteiger partial charge on any atom is -0.0621 e. The molecule has 0 fully saturated rings. The van der Waals surface area contributed by atoms with E-state index in [0.717, 1.165) is 5.69 Å². The predicted octanol–water partition coefficient (Wildman–Crippen LogP) is 0.0918. The number of benzene rings is 1. The molecule has 0 aliphatic carbocycles. The quantitative estimate of drug-likeness (QED) is 0.556. The van der Waals surface area contributed by atoms with E-state index in [1.54, 1.807) is 9.59 Å². The molecule has 1 aromatic heterocycles. The molecule has 0 atom stereocenters. The van der Waals surface area contributed by atoms with Crippen LogP contribution in [0, 0.1) is 0 Å². The molecular formula is C8H9N4+. The Labute approximate surface area is 70.0 Å². The van der Waals surface area contributed by atoms with E-state index in [0.29, 0.717) is 0 Å². The van der Waals surface area contributed by atoms with E-state index in [1.807, 2.05) is 37.4 Å². The molecule has 0 unspecified atom stereocenters. The van der Waals surface area contributed by atoms with Gasteiger partial charge < -0.3 is 0 Å². The van der Waals surface area contributed by atoms with E-state index in [4.69, 9.17) is 0 Å². The number of nitrogens with zero attached hydrogens (tertiary/aromatic N) is 4. The van der Waals surface area contributed by atoms with E-state index in [1.165, 1.54) is 6.33 Å². The number of hydrogen-bond donors (Lipinski definition) is 0. The molecule has 0 amide bonds. The van der Waals surface area contributed by atoms with Crippen molar-refractivity contribution in [1.29, 1.82) is 0 Å². The summed E-state index contributed by atoms with van der Waals surface area (Å²) in [4.78, 5) is 3.40. The van der Waals surface area contributed by atoms with Gasteiger partial charge in [-0.2, -0.15) is 0 Å². The third kappa shape index (κ3) is 1.07. The summed E-state index contributed by atoms with van der Waals surface area (Å²) in [5.41, 5.74) is 1.01. The Morgan fingerprint density at radius 2 is 2.00 bits per heavy atom. The topological polar surface area (TPSA) is 34.6 Å². The van der Waals surface area contributed by atoms with Crippen molar-refractivity contribution in [1.82, 2.24) is 15.0 Å². The number of hydrogen-bond acceptors (Lipinski definition) is 2. The average molecular weight is 161 g/mol. The Morgan fingerprint density at radius 3 is 2.58 bits per heavy atom. The fourth-order valence-corrected chi connectivity index (χ4v) is 1.07. The zero-order chi connectivity index (χ0) is 8.39. The van der Waals surface area contributed by atoms with Crippen molar-refractivity contribution in [3.05, 3.63) is 36.7 Å². The van der Waals surface area contributed by atoms with Crippen LogP contribution in [0.3, 0.4) is 0 Å². The largest absolute Gasteiger partial charge is 0.297 e. The fraction of sp³-hybridized carbons (Fsp3) is 0.125. The Balaban J connectivity index is 2.51. The maximum absolute atomic E-state index is 4.05. The molecule has 0 spiro atoms. The van der Waals surface area contributed by atoms with Crippen molar-refractivity contribution in [2.75, 3.05) is 0 Å². The standard InChI is InChI=1S/C8H9N4/c1-11-9-7-10-12(11)8-5-3-2-4-6-8/h2-7H,1H3/q+1. The Kier molecular flexibility index (Phi) is 1.59. The summed E-state index contributed by atoms with van der Waals surface area (Å²) in [7, 11) is 1.85. The van der Waals surface area contributed by atoms with Crippen LogP contribution in [0.4, 0.5) is 0 Å². The van der Waals surface area contributed by atoms with Gasteiger partial charge in [0.15, 0.2) is 0 Å². The molecule has 12 heavy (non-hydrogen) atoms. The summed E-state index contributed by atoms with van der Waals surface area (Å²) in [6.07, 6.45) is 1.52. The first-order valence-corrected chi connectivity index (χ1v) is 3.70. The second-order valence-electron chi connectivity index (χ2n) is 2.46. The summed E-state index contributed by atoms with van der Waals surface area (Å²) in [6, 6.07) is 9.87. The van der Waals surface area contributed by atoms with Crippen molar-refractivity contribution in [3.8, 4) is 5.69 Å². The molecule has 0 aliphatic heterocycles. The lowest BCUT2D eigenvalue weighted by Crippen LogP contribution is -2.41. The Hall–Kier alpha value is -1.71. The van der Waals surface area contributed by atoms with Gasteiger partial charge in [-0.1, -0.05) is 23.0 Å². The van der Waals surface area contributed by atoms with Crippen LogP contribution in [0.25, 0.3) is 5.69 Å². The highest BCUT2D eigenvalue weighted by Gasteiger charge is 2.06. The van der Waals surface area contributed by atoms with Gasteiger partial charge in [0.25, 0.3) is 6.33 Å². The van der Waals surface area contributed by atoms with Crippen LogP contribution in [0.15, 0.2) is 36.7 Å². The van der Waals surface area contributed by atoms with Crippen molar-refractivity contribution < 1.29 is 4.80 Å². The van der Waals surface area contributed by atoms with Gasteiger partial charge >= 0.3 is 0 Å². The van der Waals surface area contributed by atoms with Gasteiger partial charge in [-0.15, -0.1) is 0 Å². The summed E-state index contributed by atoms with van der Waals surface area (Å²) in [5.74, 6) is 0. The highest BCUT2D eigenvalue weighted by Crippen LogP contribution is 1.99.